The van der Waals surface area contributed by atoms with Gasteiger partial charge in [-0.2, -0.15) is 0 Å². The number of carbonyl (C=O) groups is 1. The summed E-state index contributed by atoms with van der Waals surface area (Å²) >= 11 is 0. The van der Waals surface area contributed by atoms with Crippen LogP contribution < -0.4 is 5.84 Å². The van der Waals surface area contributed by atoms with E-state index in [4.69, 9.17) is 5.84 Å². The smallest absolute Gasteiger partial charge is 0.267 e. The lowest BCUT2D eigenvalue weighted by Crippen LogP contribution is -2.35. The lowest BCUT2D eigenvalue weighted by molar-refractivity contribution is 0.0844. The molecule has 0 spiro atoms. The van der Waals surface area contributed by atoms with E-state index in [9.17, 15) is 9.59 Å². The Balaban J connectivity index is 2.85. The van der Waals surface area contributed by atoms with Gasteiger partial charge in [0.05, 0.1) is 0 Å². The summed E-state index contributed by atoms with van der Waals surface area (Å²) in [7, 11) is 0. The first-order valence-electron chi connectivity index (χ1n) is 3.27. The van der Waals surface area contributed by atoms with Crippen LogP contribution in [0, 0.1) is 0 Å². The molecule has 4 heteroatoms. The van der Waals surface area contributed by atoms with Gasteiger partial charge < -0.3 is 0 Å². The third-order valence-corrected chi connectivity index (χ3v) is 1.34. The minimum atomic E-state index is -0.564. The van der Waals surface area contributed by atoms with Gasteiger partial charge in [0.25, 0.3) is 5.91 Å². The SMILES string of the molecule is NN([C]=O)C(=O)c1ccccc1. The summed E-state index contributed by atoms with van der Waals surface area (Å²) in [4.78, 5) is 21.1. The summed E-state index contributed by atoms with van der Waals surface area (Å²) in [5.74, 6) is 4.44. The van der Waals surface area contributed by atoms with Crippen LogP contribution in [0.2, 0.25) is 0 Å². The minimum absolute atomic E-state index is 0.364. The van der Waals surface area contributed by atoms with Gasteiger partial charge in [0, 0.05) is 5.56 Å². The first-order chi connectivity index (χ1) is 5.75. The fraction of sp³-hybridized carbons (Fsp3) is 0. The van der Waals surface area contributed by atoms with E-state index >= 15 is 0 Å². The molecule has 0 saturated carbocycles. The Bertz CT molecular complexity index is 284. The van der Waals surface area contributed by atoms with Crippen molar-refractivity contribution in [2.24, 2.45) is 5.84 Å². The highest BCUT2D eigenvalue weighted by molar-refractivity contribution is 5.99. The second-order valence-corrected chi connectivity index (χ2v) is 2.13. The predicted molar refractivity (Wildman–Crippen MR) is 42.5 cm³/mol. The van der Waals surface area contributed by atoms with Gasteiger partial charge in [-0.15, -0.1) is 0 Å². The van der Waals surface area contributed by atoms with Crippen LogP contribution in [0.5, 0.6) is 0 Å². The van der Waals surface area contributed by atoms with Gasteiger partial charge in [0.15, 0.2) is 0 Å². The Kier molecular flexibility index (Phi) is 2.55. The highest BCUT2D eigenvalue weighted by atomic mass is 16.2. The van der Waals surface area contributed by atoms with Crippen molar-refractivity contribution in [1.29, 1.82) is 0 Å². The zero-order valence-electron chi connectivity index (χ0n) is 6.23. The summed E-state index contributed by atoms with van der Waals surface area (Å²) < 4.78 is 0. The number of hydrogen-bond donors (Lipinski definition) is 1. The Morgan fingerprint density at radius 2 is 1.92 bits per heavy atom. The summed E-state index contributed by atoms with van der Waals surface area (Å²) in [5.41, 5.74) is 0.364. The molecule has 0 aliphatic heterocycles. The second-order valence-electron chi connectivity index (χ2n) is 2.13. The fourth-order valence-corrected chi connectivity index (χ4v) is 0.761. The maximum atomic E-state index is 11.1. The van der Waals surface area contributed by atoms with Gasteiger partial charge >= 0.3 is 6.41 Å². The lowest BCUT2D eigenvalue weighted by Gasteiger charge is -2.05. The Labute approximate surface area is 69.6 Å². The summed E-state index contributed by atoms with van der Waals surface area (Å²) in [5, 5.41) is 0.384. The molecular weight excluding hydrogens is 156 g/mol. The maximum Gasteiger partial charge on any atom is 0.335 e. The van der Waals surface area contributed by atoms with Crippen molar-refractivity contribution in [3.63, 3.8) is 0 Å². The van der Waals surface area contributed by atoms with Crippen molar-refractivity contribution in [2.45, 2.75) is 0 Å². The third kappa shape index (κ3) is 1.67. The predicted octanol–water partition coefficient (Wildman–Crippen LogP) is 0.0697. The molecule has 1 aromatic rings. The van der Waals surface area contributed by atoms with Crippen LogP contribution in [0.1, 0.15) is 10.4 Å². The van der Waals surface area contributed by atoms with Gasteiger partial charge in [0.2, 0.25) is 0 Å². The summed E-state index contributed by atoms with van der Waals surface area (Å²) in [6, 6.07) is 8.28. The van der Waals surface area contributed by atoms with Crippen LogP contribution in [-0.2, 0) is 4.79 Å². The molecule has 61 valence electrons. The molecule has 0 atom stereocenters. The molecule has 0 bridgehead atoms. The molecule has 0 heterocycles. The van der Waals surface area contributed by atoms with Crippen molar-refractivity contribution in [3.05, 3.63) is 35.9 Å². The van der Waals surface area contributed by atoms with Crippen molar-refractivity contribution in [3.8, 4) is 0 Å². The minimum Gasteiger partial charge on any atom is -0.267 e. The quantitative estimate of drug-likeness (QED) is 0.290. The molecule has 1 radical (unpaired) electrons. The molecule has 0 saturated heterocycles. The molecule has 0 unspecified atom stereocenters. The molecule has 0 aromatic heterocycles. The molecule has 4 nitrogen and oxygen atoms in total. The van der Waals surface area contributed by atoms with Gasteiger partial charge in [-0.1, -0.05) is 18.2 Å². The summed E-state index contributed by atoms with van der Waals surface area (Å²) in [6.45, 7) is 0. The van der Waals surface area contributed by atoms with Crippen LogP contribution in [-0.4, -0.2) is 17.3 Å². The van der Waals surface area contributed by atoms with Gasteiger partial charge in [0.1, 0.15) is 0 Å². The van der Waals surface area contributed by atoms with Crippen molar-refractivity contribution in [2.75, 3.05) is 0 Å². The average molecular weight is 163 g/mol. The van der Waals surface area contributed by atoms with E-state index in [2.05, 4.69) is 0 Å². The monoisotopic (exact) mass is 163 g/mol. The average Bonchev–Trinajstić information content (AvgIpc) is 2.17. The van der Waals surface area contributed by atoms with E-state index < -0.39 is 5.91 Å². The molecule has 0 aliphatic carbocycles. The topological polar surface area (TPSA) is 63.4 Å². The number of rotatable bonds is 2. The number of imide groups is 1. The van der Waals surface area contributed by atoms with Crippen LogP contribution in [0.4, 0.5) is 0 Å². The Hall–Kier alpha value is -1.68. The normalized spacial score (nSPS) is 9.08. The molecule has 1 aromatic carbocycles. The largest absolute Gasteiger partial charge is 0.335 e. The number of nitrogens with zero attached hydrogens (tertiary/aromatic N) is 1. The van der Waals surface area contributed by atoms with E-state index in [-0.39, 0.29) is 0 Å². The highest BCUT2D eigenvalue weighted by Crippen LogP contribution is 1.99. The fourth-order valence-electron chi connectivity index (χ4n) is 0.761. The number of nitrogens with two attached hydrogens (primary N) is 1. The third-order valence-electron chi connectivity index (χ3n) is 1.34. The van der Waals surface area contributed by atoms with E-state index in [0.717, 1.165) is 0 Å². The zero-order valence-corrected chi connectivity index (χ0v) is 6.23. The van der Waals surface area contributed by atoms with E-state index in [0.29, 0.717) is 10.6 Å². The molecule has 1 rings (SSSR count). The number of carbonyl (C=O) groups excluding carboxylic acids is 2. The van der Waals surface area contributed by atoms with Crippen LogP contribution >= 0.6 is 0 Å². The lowest BCUT2D eigenvalue weighted by atomic mass is 10.2. The first-order valence-corrected chi connectivity index (χ1v) is 3.27. The van der Waals surface area contributed by atoms with Crippen LogP contribution in [0.25, 0.3) is 0 Å². The first kappa shape index (κ1) is 8.42. The Morgan fingerprint density at radius 1 is 1.33 bits per heavy atom. The van der Waals surface area contributed by atoms with Gasteiger partial charge in [-0.25, -0.2) is 10.9 Å². The van der Waals surface area contributed by atoms with Crippen LogP contribution in [0.3, 0.4) is 0 Å². The number of hydrogen-bond acceptors (Lipinski definition) is 3. The standard InChI is InChI=1S/C8H7N2O2/c9-10(6-11)8(12)7-4-2-1-3-5-7/h1-5H,9H2. The summed E-state index contributed by atoms with van der Waals surface area (Å²) in [6.07, 6.45) is 1.27. The molecule has 2 N–H and O–H groups in total. The molecule has 12 heavy (non-hydrogen) atoms. The van der Waals surface area contributed by atoms with E-state index in [1.807, 2.05) is 0 Å². The van der Waals surface area contributed by atoms with E-state index in [1.54, 1.807) is 30.3 Å². The zero-order chi connectivity index (χ0) is 8.97. The van der Waals surface area contributed by atoms with E-state index in [1.165, 1.54) is 6.41 Å². The number of hydrazine groups is 1. The van der Waals surface area contributed by atoms with Gasteiger partial charge in [-0.05, 0) is 12.1 Å². The molecule has 0 fully saturated rings. The number of amides is 2. The molecular formula is C8H7N2O2. The van der Waals surface area contributed by atoms with Crippen molar-refractivity contribution >= 4 is 12.3 Å². The second kappa shape index (κ2) is 3.64. The van der Waals surface area contributed by atoms with Crippen molar-refractivity contribution in [1.82, 2.24) is 5.01 Å². The maximum absolute atomic E-state index is 11.1. The van der Waals surface area contributed by atoms with Crippen molar-refractivity contribution < 1.29 is 9.59 Å². The highest BCUT2D eigenvalue weighted by Gasteiger charge is 2.10. The van der Waals surface area contributed by atoms with Crippen LogP contribution in [0.15, 0.2) is 30.3 Å². The molecule has 0 aliphatic rings. The Morgan fingerprint density at radius 3 is 2.42 bits per heavy atom. The number of benzene rings is 1. The van der Waals surface area contributed by atoms with Gasteiger partial charge in [-0.3, -0.25) is 9.59 Å². The molecule has 2 amide bonds.